The van der Waals surface area contributed by atoms with E-state index in [1.54, 1.807) is 0 Å². The van der Waals surface area contributed by atoms with Gasteiger partial charge in [0.1, 0.15) is 0 Å². The van der Waals surface area contributed by atoms with Crippen molar-refractivity contribution in [2.75, 3.05) is 10.6 Å². The van der Waals surface area contributed by atoms with Crippen LogP contribution in [-0.4, -0.2) is 32.1 Å². The molecule has 0 amide bonds. The molecule has 6 heteroatoms. The van der Waals surface area contributed by atoms with Gasteiger partial charge in [-0.05, 0) is 63.0 Å². The van der Waals surface area contributed by atoms with Gasteiger partial charge >= 0.3 is 0 Å². The quantitative estimate of drug-likeness (QED) is 0.674. The molecule has 0 spiro atoms. The predicted octanol–water partition coefficient (Wildman–Crippen LogP) is 3.45. The van der Waals surface area contributed by atoms with Gasteiger partial charge in [-0.25, -0.2) is 0 Å². The Morgan fingerprint density at radius 1 is 0.962 bits per heavy atom. The second-order valence-electron chi connectivity index (χ2n) is 7.71. The lowest BCUT2D eigenvalue weighted by atomic mass is 10.1. The molecule has 2 atom stereocenters. The highest BCUT2D eigenvalue weighted by atomic mass is 16.3. The second-order valence-corrected chi connectivity index (χ2v) is 7.71. The van der Waals surface area contributed by atoms with Crippen molar-refractivity contribution in [1.29, 1.82) is 0 Å². The van der Waals surface area contributed by atoms with Gasteiger partial charge in [-0.1, -0.05) is 18.2 Å². The fraction of sp³-hybridized carbons (Fsp3) is 0.550. The largest absolute Gasteiger partial charge is 0.392 e. The van der Waals surface area contributed by atoms with Gasteiger partial charge in [0.05, 0.1) is 6.61 Å². The summed E-state index contributed by atoms with van der Waals surface area (Å²) in [6.07, 6.45) is 5.09. The number of anilines is 2. The maximum atomic E-state index is 9.41. The van der Waals surface area contributed by atoms with Crippen LogP contribution in [0.1, 0.15) is 45.1 Å². The third kappa shape index (κ3) is 4.12. The molecule has 2 saturated carbocycles. The topological polar surface area (TPSA) is 83.0 Å². The molecule has 6 nitrogen and oxygen atoms in total. The van der Waals surface area contributed by atoms with Crippen molar-refractivity contribution in [2.45, 2.75) is 58.2 Å². The summed E-state index contributed by atoms with van der Waals surface area (Å²) in [5.74, 6) is 3.30. The Kier molecular flexibility index (Phi) is 4.76. The summed E-state index contributed by atoms with van der Waals surface area (Å²) >= 11 is 0. The standard InChI is InChI=1S/C20H27N5O/c1-12(15-6-7-15)21-19-23-18(17-5-3-4-14(10-17)11-26)24-20(25-19)22-13(2)16-8-9-16/h3-5,10,12-13,15-16,26H,6-9,11H2,1-2H3,(H2,21,22,23,24,25)/t12-,13?/m1/s1. The third-order valence-electron chi connectivity index (χ3n) is 5.37. The molecule has 2 fully saturated rings. The number of nitrogens with one attached hydrogen (secondary N) is 2. The zero-order valence-corrected chi connectivity index (χ0v) is 15.4. The highest BCUT2D eigenvalue weighted by molar-refractivity contribution is 5.59. The molecule has 1 aromatic carbocycles. The second kappa shape index (κ2) is 7.19. The average Bonchev–Trinajstić information content (AvgIpc) is 3.53. The first-order chi connectivity index (χ1) is 12.6. The molecule has 1 heterocycles. The highest BCUT2D eigenvalue weighted by Gasteiger charge is 2.30. The molecule has 138 valence electrons. The number of hydrogen-bond acceptors (Lipinski definition) is 6. The van der Waals surface area contributed by atoms with Crippen LogP contribution in [0.3, 0.4) is 0 Å². The molecule has 0 bridgehead atoms. The lowest BCUT2D eigenvalue weighted by molar-refractivity contribution is 0.282. The zero-order chi connectivity index (χ0) is 18.1. The normalized spacial score (nSPS) is 19.0. The Balaban J connectivity index is 1.63. The number of aliphatic hydroxyl groups excluding tert-OH is 1. The summed E-state index contributed by atoms with van der Waals surface area (Å²) < 4.78 is 0. The summed E-state index contributed by atoms with van der Waals surface area (Å²) in [5, 5.41) is 16.3. The van der Waals surface area contributed by atoms with Crippen LogP contribution in [0.25, 0.3) is 11.4 Å². The summed E-state index contributed by atoms with van der Waals surface area (Å²) in [7, 11) is 0. The van der Waals surface area contributed by atoms with Gasteiger partial charge in [-0.3, -0.25) is 0 Å². The summed E-state index contributed by atoms with van der Waals surface area (Å²) in [4.78, 5) is 13.9. The van der Waals surface area contributed by atoms with Crippen molar-refractivity contribution in [1.82, 2.24) is 15.0 Å². The number of aromatic nitrogens is 3. The number of benzene rings is 1. The smallest absolute Gasteiger partial charge is 0.228 e. The van der Waals surface area contributed by atoms with Crippen LogP contribution in [0.2, 0.25) is 0 Å². The van der Waals surface area contributed by atoms with Crippen molar-refractivity contribution in [3.05, 3.63) is 29.8 Å². The van der Waals surface area contributed by atoms with Gasteiger partial charge in [0.2, 0.25) is 11.9 Å². The molecule has 0 aliphatic heterocycles. The molecule has 3 N–H and O–H groups in total. The molecule has 1 unspecified atom stereocenters. The molecular weight excluding hydrogens is 326 g/mol. The van der Waals surface area contributed by atoms with E-state index in [1.165, 1.54) is 25.7 Å². The van der Waals surface area contributed by atoms with E-state index in [-0.39, 0.29) is 6.61 Å². The Hall–Kier alpha value is -2.21. The van der Waals surface area contributed by atoms with Gasteiger partial charge in [-0.15, -0.1) is 0 Å². The monoisotopic (exact) mass is 353 g/mol. The molecular formula is C20H27N5O. The predicted molar refractivity (Wildman–Crippen MR) is 103 cm³/mol. The summed E-state index contributed by atoms with van der Waals surface area (Å²) in [5.41, 5.74) is 1.74. The van der Waals surface area contributed by atoms with Gasteiger partial charge in [0.25, 0.3) is 0 Å². The van der Waals surface area contributed by atoms with Gasteiger partial charge in [0, 0.05) is 17.6 Å². The minimum absolute atomic E-state index is 0.00651. The minimum Gasteiger partial charge on any atom is -0.392 e. The van der Waals surface area contributed by atoms with Crippen LogP contribution in [0.15, 0.2) is 24.3 Å². The lowest BCUT2D eigenvalue weighted by Crippen LogP contribution is -2.23. The third-order valence-corrected chi connectivity index (χ3v) is 5.37. The maximum Gasteiger partial charge on any atom is 0.228 e. The zero-order valence-electron chi connectivity index (χ0n) is 15.4. The molecule has 0 radical (unpaired) electrons. The van der Waals surface area contributed by atoms with Gasteiger partial charge < -0.3 is 15.7 Å². The van der Waals surface area contributed by atoms with Crippen molar-refractivity contribution in [2.24, 2.45) is 11.8 Å². The molecule has 2 aliphatic carbocycles. The number of hydrogen-bond donors (Lipinski definition) is 3. The molecule has 1 aromatic heterocycles. The first-order valence-electron chi connectivity index (χ1n) is 9.61. The van der Waals surface area contributed by atoms with E-state index in [2.05, 4.69) is 39.4 Å². The van der Waals surface area contributed by atoms with Gasteiger partial charge in [0.15, 0.2) is 5.82 Å². The van der Waals surface area contributed by atoms with Crippen LogP contribution in [-0.2, 0) is 6.61 Å². The van der Waals surface area contributed by atoms with Crippen LogP contribution < -0.4 is 10.6 Å². The summed E-state index contributed by atoms with van der Waals surface area (Å²) in [6.45, 7) is 4.38. The molecule has 4 rings (SSSR count). The lowest BCUT2D eigenvalue weighted by Gasteiger charge is -2.17. The first-order valence-corrected chi connectivity index (χ1v) is 9.61. The Labute approximate surface area is 154 Å². The average molecular weight is 353 g/mol. The van der Waals surface area contributed by atoms with E-state index in [1.807, 2.05) is 24.3 Å². The molecule has 2 aromatic rings. The van der Waals surface area contributed by atoms with E-state index in [4.69, 9.17) is 0 Å². The van der Waals surface area contributed by atoms with E-state index >= 15 is 0 Å². The van der Waals surface area contributed by atoms with Crippen LogP contribution in [0.4, 0.5) is 11.9 Å². The Morgan fingerprint density at radius 2 is 1.54 bits per heavy atom. The van der Waals surface area contributed by atoms with Crippen molar-refractivity contribution < 1.29 is 5.11 Å². The van der Waals surface area contributed by atoms with Crippen molar-refractivity contribution in [3.63, 3.8) is 0 Å². The molecule has 2 aliphatic rings. The minimum atomic E-state index is 0.00651. The van der Waals surface area contributed by atoms with Gasteiger partial charge in [-0.2, -0.15) is 15.0 Å². The SMILES string of the molecule is CC(Nc1nc(N[C@H](C)C2CC2)nc(-c2cccc(CO)c2)n1)C1CC1. The summed E-state index contributed by atoms with van der Waals surface area (Å²) in [6, 6.07) is 8.44. The highest BCUT2D eigenvalue weighted by Crippen LogP contribution is 2.35. The number of aliphatic hydroxyl groups is 1. The number of nitrogens with zero attached hydrogens (tertiary/aromatic N) is 3. The van der Waals surface area contributed by atoms with E-state index in [0.717, 1.165) is 23.0 Å². The van der Waals surface area contributed by atoms with E-state index < -0.39 is 0 Å². The maximum absolute atomic E-state index is 9.41. The van der Waals surface area contributed by atoms with Crippen molar-refractivity contribution in [3.8, 4) is 11.4 Å². The van der Waals surface area contributed by atoms with Crippen molar-refractivity contribution >= 4 is 11.9 Å². The molecule has 26 heavy (non-hydrogen) atoms. The fourth-order valence-corrected chi connectivity index (χ4v) is 3.28. The van der Waals surface area contributed by atoms with Crippen LogP contribution >= 0.6 is 0 Å². The molecule has 0 saturated heterocycles. The van der Waals surface area contributed by atoms with Crippen LogP contribution in [0, 0.1) is 11.8 Å². The van der Waals surface area contributed by atoms with E-state index in [9.17, 15) is 5.11 Å². The Bertz CT molecular complexity index is 734. The Morgan fingerprint density at radius 3 is 2.04 bits per heavy atom. The first kappa shape index (κ1) is 17.2. The number of rotatable bonds is 8. The fourth-order valence-electron chi connectivity index (χ4n) is 3.28. The van der Waals surface area contributed by atoms with Crippen LogP contribution in [0.5, 0.6) is 0 Å². The van der Waals surface area contributed by atoms with E-state index in [0.29, 0.717) is 29.8 Å².